The number of nitrogens with two attached hydrogens (primary N) is 1. The van der Waals surface area contributed by atoms with Crippen molar-refractivity contribution in [1.29, 1.82) is 10.5 Å². The number of benzene rings is 2. The van der Waals surface area contributed by atoms with Gasteiger partial charge in [0.15, 0.2) is 0 Å². The fourth-order valence-electron chi connectivity index (χ4n) is 3.19. The monoisotopic (exact) mass is 473 g/mol. The first kappa shape index (κ1) is 22.2. The number of rotatable bonds is 6. The molecule has 2 N–H and O–H groups in total. The van der Waals surface area contributed by atoms with Crippen LogP contribution in [0.15, 0.2) is 64.2 Å². The Hall–Kier alpha value is -3.98. The Labute approximate surface area is 199 Å². The molecule has 9 heteroatoms. The van der Waals surface area contributed by atoms with Crippen molar-refractivity contribution >= 4 is 29.2 Å². The van der Waals surface area contributed by atoms with Crippen LogP contribution >= 0.6 is 23.4 Å². The third-order valence-corrected chi connectivity index (χ3v) is 6.05. The van der Waals surface area contributed by atoms with E-state index in [1.165, 1.54) is 11.8 Å². The number of anilines is 1. The molecule has 0 saturated heterocycles. The predicted molar refractivity (Wildman–Crippen MR) is 127 cm³/mol. The van der Waals surface area contributed by atoms with Crippen LogP contribution in [0.1, 0.15) is 16.8 Å². The van der Waals surface area contributed by atoms with Gasteiger partial charge in [0.2, 0.25) is 5.89 Å². The van der Waals surface area contributed by atoms with Crippen molar-refractivity contribution in [3.05, 3.63) is 76.6 Å². The number of nitrogens with zero attached hydrogens (tertiary/aromatic N) is 4. The summed E-state index contributed by atoms with van der Waals surface area (Å²) in [5, 5.41) is 20.6. The van der Waals surface area contributed by atoms with Gasteiger partial charge in [0.25, 0.3) is 0 Å². The average molecular weight is 474 g/mol. The van der Waals surface area contributed by atoms with Crippen LogP contribution in [0.25, 0.3) is 22.6 Å². The molecule has 4 rings (SSSR count). The summed E-state index contributed by atoms with van der Waals surface area (Å²) in [6.07, 6.45) is 1.56. The minimum atomic E-state index is 0.0619. The van der Waals surface area contributed by atoms with E-state index in [2.05, 4.69) is 22.1 Å². The molecule has 0 unspecified atom stereocenters. The maximum atomic E-state index is 9.92. The summed E-state index contributed by atoms with van der Waals surface area (Å²) in [6, 6.07) is 18.5. The SMILES string of the molecule is COc1ccc(-c2c(C#N)c(N)nc(SCc3coc(-c4ccc(Cl)cc4)n3)c2C#N)cc1. The third kappa shape index (κ3) is 4.63. The minimum Gasteiger partial charge on any atom is -0.497 e. The van der Waals surface area contributed by atoms with E-state index in [9.17, 15) is 10.5 Å². The lowest BCUT2D eigenvalue weighted by atomic mass is 9.97. The smallest absolute Gasteiger partial charge is 0.226 e. The van der Waals surface area contributed by atoms with E-state index in [4.69, 9.17) is 26.5 Å². The molecule has 0 saturated carbocycles. The number of hydrogen-bond acceptors (Lipinski definition) is 8. The Balaban J connectivity index is 1.66. The number of nitriles is 2. The Morgan fingerprint density at radius 1 is 1.00 bits per heavy atom. The molecule has 0 spiro atoms. The minimum absolute atomic E-state index is 0.0619. The maximum absolute atomic E-state index is 9.92. The molecule has 33 heavy (non-hydrogen) atoms. The summed E-state index contributed by atoms with van der Waals surface area (Å²) in [5.41, 5.74) is 9.11. The molecule has 0 aliphatic rings. The third-order valence-electron chi connectivity index (χ3n) is 4.79. The fourth-order valence-corrected chi connectivity index (χ4v) is 4.19. The molecule has 0 aliphatic carbocycles. The Morgan fingerprint density at radius 3 is 2.30 bits per heavy atom. The summed E-state index contributed by atoms with van der Waals surface area (Å²) in [5.74, 6) is 1.59. The molecule has 0 radical (unpaired) electrons. The Morgan fingerprint density at radius 2 is 1.67 bits per heavy atom. The quantitative estimate of drug-likeness (QED) is 0.354. The number of thioether (sulfide) groups is 1. The molecule has 7 nitrogen and oxygen atoms in total. The number of ether oxygens (including phenoxy) is 1. The second kappa shape index (κ2) is 9.66. The van der Waals surface area contributed by atoms with Crippen molar-refractivity contribution < 1.29 is 9.15 Å². The first-order valence-corrected chi connectivity index (χ1v) is 11.0. The Bertz CT molecular complexity index is 1390. The van der Waals surface area contributed by atoms with Crippen LogP contribution in [0.2, 0.25) is 5.02 Å². The van der Waals surface area contributed by atoms with Gasteiger partial charge in [0.1, 0.15) is 40.6 Å². The summed E-state index contributed by atoms with van der Waals surface area (Å²) >= 11 is 7.23. The van der Waals surface area contributed by atoms with E-state index in [1.54, 1.807) is 49.8 Å². The van der Waals surface area contributed by atoms with E-state index in [-0.39, 0.29) is 16.9 Å². The summed E-state index contributed by atoms with van der Waals surface area (Å²) in [7, 11) is 1.57. The predicted octanol–water partition coefficient (Wildman–Crippen LogP) is 5.68. The first-order chi connectivity index (χ1) is 16.0. The molecule has 0 atom stereocenters. The number of oxazole rings is 1. The number of halogens is 1. The van der Waals surface area contributed by atoms with E-state index < -0.39 is 0 Å². The van der Waals surface area contributed by atoms with Crippen LogP contribution in [0.4, 0.5) is 5.82 Å². The summed E-state index contributed by atoms with van der Waals surface area (Å²) < 4.78 is 10.8. The van der Waals surface area contributed by atoms with Gasteiger partial charge in [0.05, 0.1) is 18.4 Å². The van der Waals surface area contributed by atoms with Gasteiger partial charge < -0.3 is 14.9 Å². The van der Waals surface area contributed by atoms with Gasteiger partial charge in [-0.25, -0.2) is 9.97 Å². The van der Waals surface area contributed by atoms with Crippen molar-refractivity contribution in [2.75, 3.05) is 12.8 Å². The molecule has 2 heterocycles. The fraction of sp³-hybridized carbons (Fsp3) is 0.0833. The van der Waals surface area contributed by atoms with Crippen LogP contribution in [0.3, 0.4) is 0 Å². The lowest BCUT2D eigenvalue weighted by Gasteiger charge is -2.13. The van der Waals surface area contributed by atoms with Crippen molar-refractivity contribution in [3.63, 3.8) is 0 Å². The zero-order valence-corrected chi connectivity index (χ0v) is 18.9. The molecule has 2 aromatic carbocycles. The molecule has 0 aliphatic heterocycles. The van der Waals surface area contributed by atoms with Crippen molar-refractivity contribution in [3.8, 4) is 40.5 Å². The zero-order chi connectivity index (χ0) is 23.4. The highest BCUT2D eigenvalue weighted by molar-refractivity contribution is 7.98. The second-order valence-corrected chi connectivity index (χ2v) is 8.22. The average Bonchev–Trinajstić information content (AvgIpc) is 3.32. The molecule has 4 aromatic rings. The number of aromatic nitrogens is 2. The normalized spacial score (nSPS) is 10.4. The molecule has 0 fully saturated rings. The first-order valence-electron chi connectivity index (χ1n) is 9.65. The molecule has 0 bridgehead atoms. The summed E-state index contributed by atoms with van der Waals surface area (Å²) in [6.45, 7) is 0. The van der Waals surface area contributed by atoms with E-state index >= 15 is 0 Å². The molecule has 162 valence electrons. The van der Waals surface area contributed by atoms with Crippen molar-refractivity contribution in [2.24, 2.45) is 0 Å². The van der Waals surface area contributed by atoms with E-state index in [1.807, 2.05) is 12.1 Å². The van der Waals surface area contributed by atoms with Crippen LogP contribution in [0, 0.1) is 22.7 Å². The second-order valence-electron chi connectivity index (χ2n) is 6.82. The van der Waals surface area contributed by atoms with Gasteiger partial charge in [-0.1, -0.05) is 35.5 Å². The lowest BCUT2D eigenvalue weighted by Crippen LogP contribution is -2.03. The van der Waals surface area contributed by atoms with Crippen molar-refractivity contribution in [2.45, 2.75) is 10.8 Å². The highest BCUT2D eigenvalue weighted by Gasteiger charge is 2.21. The van der Waals surface area contributed by atoms with Gasteiger partial charge in [-0.3, -0.25) is 0 Å². The van der Waals surface area contributed by atoms with Crippen LogP contribution in [-0.2, 0) is 5.75 Å². The largest absolute Gasteiger partial charge is 0.497 e. The van der Waals surface area contributed by atoms with Gasteiger partial charge in [-0.2, -0.15) is 10.5 Å². The van der Waals surface area contributed by atoms with Gasteiger partial charge in [-0.15, -0.1) is 0 Å². The standard InChI is InChI=1S/C24H16ClN5O2S/c1-31-18-8-4-14(5-9-18)21-19(10-26)22(28)30-24(20(21)11-27)33-13-17-12-32-23(29-17)15-2-6-16(25)7-3-15/h2-9,12H,13H2,1H3,(H2,28,30). The molecule has 2 aromatic heterocycles. The number of pyridine rings is 1. The summed E-state index contributed by atoms with van der Waals surface area (Å²) in [4.78, 5) is 8.82. The highest BCUT2D eigenvalue weighted by atomic mass is 35.5. The van der Waals surface area contributed by atoms with Crippen molar-refractivity contribution in [1.82, 2.24) is 9.97 Å². The molecule has 0 amide bonds. The zero-order valence-electron chi connectivity index (χ0n) is 17.4. The van der Waals surface area contributed by atoms with E-state index in [0.29, 0.717) is 44.3 Å². The number of hydrogen-bond donors (Lipinski definition) is 1. The Kier molecular flexibility index (Phi) is 6.50. The van der Waals surface area contributed by atoms with Crippen LogP contribution in [0.5, 0.6) is 5.75 Å². The van der Waals surface area contributed by atoms with Gasteiger partial charge >= 0.3 is 0 Å². The van der Waals surface area contributed by atoms with Crippen LogP contribution < -0.4 is 10.5 Å². The number of nitrogen functional groups attached to an aromatic ring is 1. The van der Waals surface area contributed by atoms with Crippen LogP contribution in [-0.4, -0.2) is 17.1 Å². The van der Waals surface area contributed by atoms with Gasteiger partial charge in [-0.05, 0) is 42.0 Å². The number of methoxy groups -OCH3 is 1. The van der Waals surface area contributed by atoms with Gasteiger partial charge in [0, 0.05) is 21.9 Å². The molecular weight excluding hydrogens is 458 g/mol. The topological polar surface area (TPSA) is 122 Å². The lowest BCUT2D eigenvalue weighted by molar-refractivity contribution is 0.415. The highest BCUT2D eigenvalue weighted by Crippen LogP contribution is 2.37. The molecular formula is C24H16ClN5O2S. The van der Waals surface area contributed by atoms with E-state index in [0.717, 1.165) is 5.56 Å². The maximum Gasteiger partial charge on any atom is 0.226 e.